The van der Waals surface area contributed by atoms with E-state index >= 15 is 0 Å². The van der Waals surface area contributed by atoms with Gasteiger partial charge in [-0.25, -0.2) is 0 Å². The number of nitrogens with one attached hydrogen (secondary N) is 2. The van der Waals surface area contributed by atoms with Crippen molar-refractivity contribution < 1.29 is 23.8 Å². The number of rotatable bonds is 9. The lowest BCUT2D eigenvalue weighted by Gasteiger charge is -2.32. The first-order chi connectivity index (χ1) is 20.9. The number of hydrogen-bond acceptors (Lipinski definition) is 8. The number of pyridine rings is 1. The second-order valence-electron chi connectivity index (χ2n) is 11.0. The van der Waals surface area contributed by atoms with Crippen LogP contribution < -0.4 is 35.5 Å². The lowest BCUT2D eigenvalue weighted by Crippen LogP contribution is -2.39. The average molecular weight is 582 g/mol. The molecule has 6 rings (SSSR count). The molecular formula is C33H35N5O5. The summed E-state index contributed by atoms with van der Waals surface area (Å²) in [6, 6.07) is 20.5. The van der Waals surface area contributed by atoms with E-state index in [1.807, 2.05) is 30.3 Å². The Morgan fingerprint density at radius 2 is 1.53 bits per heavy atom. The molecule has 0 unspecified atom stereocenters. The van der Waals surface area contributed by atoms with Gasteiger partial charge < -0.3 is 35.5 Å². The third-order valence-electron chi connectivity index (χ3n) is 8.18. The Morgan fingerprint density at radius 1 is 0.860 bits per heavy atom. The van der Waals surface area contributed by atoms with Crippen molar-refractivity contribution in [2.24, 2.45) is 11.1 Å². The summed E-state index contributed by atoms with van der Waals surface area (Å²) in [4.78, 5) is 33.3. The number of aromatic nitrogens is 1. The second-order valence-corrected chi connectivity index (χ2v) is 11.0. The smallest absolute Gasteiger partial charge is 0.240 e. The van der Waals surface area contributed by atoms with Crippen LogP contribution >= 0.6 is 0 Å². The number of nitrogens with two attached hydrogens (primary N) is 1. The summed E-state index contributed by atoms with van der Waals surface area (Å²) >= 11 is 0. The van der Waals surface area contributed by atoms with Gasteiger partial charge >= 0.3 is 0 Å². The van der Waals surface area contributed by atoms with E-state index in [0.29, 0.717) is 52.7 Å². The first-order valence-corrected chi connectivity index (χ1v) is 14.4. The molecule has 1 saturated carbocycles. The van der Waals surface area contributed by atoms with Crippen LogP contribution in [0.25, 0.3) is 10.9 Å². The molecule has 2 heterocycles. The number of fused-ring (bicyclic) bond motifs is 1. The molecule has 10 heteroatoms. The molecule has 222 valence electrons. The molecule has 2 amide bonds. The minimum Gasteiger partial charge on any atom is -0.493 e. The normalized spacial score (nSPS) is 15.9. The van der Waals surface area contributed by atoms with Crippen LogP contribution in [0.3, 0.4) is 0 Å². The van der Waals surface area contributed by atoms with E-state index in [4.69, 9.17) is 19.9 Å². The predicted octanol–water partition coefficient (Wildman–Crippen LogP) is 5.33. The Morgan fingerprint density at radius 3 is 2.21 bits per heavy atom. The molecule has 0 bridgehead atoms. The first-order valence-electron chi connectivity index (χ1n) is 14.4. The highest BCUT2D eigenvalue weighted by Crippen LogP contribution is 2.48. The number of anilines is 3. The van der Waals surface area contributed by atoms with Crippen molar-refractivity contribution >= 4 is 39.8 Å². The number of carbonyl (C=O) groups excluding carboxylic acids is 2. The largest absolute Gasteiger partial charge is 0.493 e. The molecule has 0 atom stereocenters. The molecule has 0 radical (unpaired) electrons. The van der Waals surface area contributed by atoms with Gasteiger partial charge in [0.1, 0.15) is 16.9 Å². The number of methoxy groups -OCH3 is 2. The molecule has 1 aliphatic carbocycles. The molecule has 2 fully saturated rings. The van der Waals surface area contributed by atoms with Crippen molar-refractivity contribution in [2.45, 2.75) is 31.7 Å². The molecule has 1 aliphatic heterocycles. The van der Waals surface area contributed by atoms with Crippen LogP contribution in [0.2, 0.25) is 0 Å². The molecule has 3 aromatic carbocycles. The molecule has 1 saturated heterocycles. The zero-order valence-electron chi connectivity index (χ0n) is 24.3. The highest BCUT2D eigenvalue weighted by Gasteiger charge is 2.56. The monoisotopic (exact) mass is 581 g/mol. The molecule has 10 nitrogen and oxygen atoms in total. The van der Waals surface area contributed by atoms with Crippen LogP contribution in [0.1, 0.15) is 25.7 Å². The quantitative estimate of drug-likeness (QED) is 0.226. The van der Waals surface area contributed by atoms with Crippen molar-refractivity contribution in [2.75, 3.05) is 42.8 Å². The second kappa shape index (κ2) is 11.8. The molecular weight excluding hydrogens is 546 g/mol. The number of hydrogen-bond donors (Lipinski definition) is 3. The minimum atomic E-state index is -1.10. The van der Waals surface area contributed by atoms with Gasteiger partial charge in [0.05, 0.1) is 19.7 Å². The summed E-state index contributed by atoms with van der Waals surface area (Å²) in [5, 5.41) is 6.60. The summed E-state index contributed by atoms with van der Waals surface area (Å²) in [7, 11) is 3.15. The van der Waals surface area contributed by atoms with Crippen molar-refractivity contribution in [3.63, 3.8) is 0 Å². The molecule has 2 aliphatic rings. The summed E-state index contributed by atoms with van der Waals surface area (Å²) in [5.41, 5.74) is 7.91. The zero-order chi connectivity index (χ0) is 30.0. The summed E-state index contributed by atoms with van der Waals surface area (Å²) < 4.78 is 17.0. The lowest BCUT2D eigenvalue weighted by atomic mass is 10.0. The number of carbonyl (C=O) groups is 2. The maximum Gasteiger partial charge on any atom is 0.240 e. The summed E-state index contributed by atoms with van der Waals surface area (Å²) in [6.07, 6.45) is 4.57. The van der Waals surface area contributed by atoms with E-state index in [1.165, 1.54) is 0 Å². The Labute approximate surface area is 250 Å². The number of ether oxygens (including phenoxy) is 3. The third-order valence-corrected chi connectivity index (χ3v) is 8.18. The van der Waals surface area contributed by atoms with Gasteiger partial charge in [0.15, 0.2) is 11.5 Å². The molecule has 1 aromatic heterocycles. The first kappa shape index (κ1) is 28.3. The van der Waals surface area contributed by atoms with E-state index in [2.05, 4.69) is 20.5 Å². The van der Waals surface area contributed by atoms with Crippen molar-refractivity contribution in [3.05, 3.63) is 72.9 Å². The fourth-order valence-corrected chi connectivity index (χ4v) is 5.40. The zero-order valence-corrected chi connectivity index (χ0v) is 24.3. The van der Waals surface area contributed by atoms with Gasteiger partial charge in [-0.05, 0) is 74.2 Å². The molecule has 4 N–H and O–H groups in total. The van der Waals surface area contributed by atoms with E-state index in [9.17, 15) is 9.59 Å². The minimum absolute atomic E-state index is 0.266. The summed E-state index contributed by atoms with van der Waals surface area (Å²) in [5.74, 6) is 1.58. The maximum atomic E-state index is 13.3. The number of piperidine rings is 1. The Kier molecular flexibility index (Phi) is 7.77. The van der Waals surface area contributed by atoms with E-state index in [1.54, 1.807) is 56.8 Å². The van der Waals surface area contributed by atoms with Crippen LogP contribution in [0, 0.1) is 5.41 Å². The van der Waals surface area contributed by atoms with Gasteiger partial charge in [-0.3, -0.25) is 14.6 Å². The molecule has 4 aromatic rings. The van der Waals surface area contributed by atoms with Crippen molar-refractivity contribution in [3.8, 4) is 23.0 Å². The van der Waals surface area contributed by atoms with Crippen LogP contribution in [0.15, 0.2) is 72.9 Å². The van der Waals surface area contributed by atoms with Crippen LogP contribution in [-0.2, 0) is 9.59 Å². The summed E-state index contributed by atoms with van der Waals surface area (Å²) in [6.45, 7) is 1.84. The highest BCUT2D eigenvalue weighted by atomic mass is 16.5. The fourth-order valence-electron chi connectivity index (χ4n) is 5.40. The molecule has 43 heavy (non-hydrogen) atoms. The SMILES string of the molecule is COc1cc2nccc(Oc3cccc(NC(=O)C4(C(=O)Nc5ccc(N6CCC(N)CC6)cc5)CC4)c3)c2cc1OC. The molecule has 0 spiro atoms. The van der Waals surface area contributed by atoms with Gasteiger partial charge in [0.2, 0.25) is 11.8 Å². The number of amides is 2. The lowest BCUT2D eigenvalue weighted by molar-refractivity contribution is -0.131. The van der Waals surface area contributed by atoms with Gasteiger partial charge in [-0.1, -0.05) is 6.07 Å². The third kappa shape index (κ3) is 5.91. The van der Waals surface area contributed by atoms with Gasteiger partial charge in [0, 0.05) is 59.9 Å². The average Bonchev–Trinajstić information content (AvgIpc) is 3.84. The fraction of sp³-hybridized carbons (Fsp3) is 0.303. The maximum absolute atomic E-state index is 13.3. The van der Waals surface area contributed by atoms with E-state index in [-0.39, 0.29) is 17.9 Å². The van der Waals surface area contributed by atoms with Crippen molar-refractivity contribution in [1.82, 2.24) is 4.98 Å². The number of benzene rings is 3. The van der Waals surface area contributed by atoms with Gasteiger partial charge in [-0.15, -0.1) is 0 Å². The number of nitrogens with zero attached hydrogens (tertiary/aromatic N) is 2. The predicted molar refractivity (Wildman–Crippen MR) is 166 cm³/mol. The highest BCUT2D eigenvalue weighted by molar-refractivity contribution is 6.17. The topological polar surface area (TPSA) is 128 Å². The Balaban J connectivity index is 1.11. The van der Waals surface area contributed by atoms with Crippen LogP contribution in [0.5, 0.6) is 23.0 Å². The van der Waals surface area contributed by atoms with E-state index in [0.717, 1.165) is 37.0 Å². The van der Waals surface area contributed by atoms with Crippen molar-refractivity contribution in [1.29, 1.82) is 0 Å². The van der Waals surface area contributed by atoms with E-state index < -0.39 is 5.41 Å². The van der Waals surface area contributed by atoms with Gasteiger partial charge in [-0.2, -0.15) is 0 Å². The standard InChI is InChI=1S/C33H35N5O5/c1-41-29-19-26-27(20-30(29)42-2)35-15-10-28(26)43-25-5-3-4-23(18-25)37-32(40)33(13-14-33)31(39)36-22-6-8-24(9-7-22)38-16-11-21(34)12-17-38/h3-10,15,18-21H,11-14,16-17,34H2,1-2H3,(H,36,39)(H,37,40). The Bertz CT molecular complexity index is 1650. The van der Waals surface area contributed by atoms with Crippen LogP contribution in [-0.4, -0.2) is 50.1 Å². The van der Waals surface area contributed by atoms with Gasteiger partial charge in [0.25, 0.3) is 0 Å². The Hall–Kier alpha value is -4.83. The van der Waals surface area contributed by atoms with Crippen LogP contribution in [0.4, 0.5) is 17.1 Å².